The molecule has 110 valence electrons. The van der Waals surface area contributed by atoms with Crippen molar-refractivity contribution in [2.45, 2.75) is 53.0 Å². The summed E-state index contributed by atoms with van der Waals surface area (Å²) in [6.07, 6.45) is 4.04. The molecule has 0 saturated heterocycles. The minimum Gasteiger partial charge on any atom is -0.349 e. The van der Waals surface area contributed by atoms with Crippen molar-refractivity contribution in [3.8, 4) is 0 Å². The SMILES string of the molecule is CCCCC(C(=O)NC(C)C=C(C)C)C(=O)N(C)O. The highest BCUT2D eigenvalue weighted by Crippen LogP contribution is 2.12. The van der Waals surface area contributed by atoms with Crippen LogP contribution in [0.1, 0.15) is 47.0 Å². The van der Waals surface area contributed by atoms with Gasteiger partial charge in [-0.05, 0) is 27.2 Å². The summed E-state index contributed by atoms with van der Waals surface area (Å²) in [4.78, 5) is 23.9. The van der Waals surface area contributed by atoms with Crippen molar-refractivity contribution in [1.29, 1.82) is 0 Å². The zero-order chi connectivity index (χ0) is 15.0. The summed E-state index contributed by atoms with van der Waals surface area (Å²) >= 11 is 0. The summed E-state index contributed by atoms with van der Waals surface area (Å²) in [7, 11) is 1.24. The summed E-state index contributed by atoms with van der Waals surface area (Å²) in [5, 5.41) is 12.5. The molecule has 2 amide bonds. The Bertz CT molecular complexity index is 334. The number of nitrogens with zero attached hydrogens (tertiary/aromatic N) is 1. The van der Waals surface area contributed by atoms with E-state index in [2.05, 4.69) is 5.32 Å². The Kier molecular flexibility index (Phi) is 8.07. The van der Waals surface area contributed by atoms with Gasteiger partial charge >= 0.3 is 0 Å². The molecule has 0 fully saturated rings. The zero-order valence-corrected chi connectivity index (χ0v) is 12.6. The lowest BCUT2D eigenvalue weighted by molar-refractivity contribution is -0.166. The molecule has 2 atom stereocenters. The number of carbonyl (C=O) groups excluding carboxylic acids is 2. The van der Waals surface area contributed by atoms with Crippen LogP contribution in [0.25, 0.3) is 0 Å². The highest BCUT2D eigenvalue weighted by atomic mass is 16.5. The minimum atomic E-state index is -0.817. The van der Waals surface area contributed by atoms with E-state index in [1.165, 1.54) is 7.05 Å². The Labute approximate surface area is 115 Å². The van der Waals surface area contributed by atoms with Gasteiger partial charge in [0, 0.05) is 13.1 Å². The lowest BCUT2D eigenvalue weighted by atomic mass is 9.99. The van der Waals surface area contributed by atoms with Gasteiger partial charge in [0.1, 0.15) is 5.92 Å². The van der Waals surface area contributed by atoms with Gasteiger partial charge in [0.15, 0.2) is 0 Å². The van der Waals surface area contributed by atoms with Crippen molar-refractivity contribution in [3.05, 3.63) is 11.6 Å². The Balaban J connectivity index is 4.71. The predicted octanol–water partition coefficient (Wildman–Crippen LogP) is 2.11. The predicted molar refractivity (Wildman–Crippen MR) is 74.6 cm³/mol. The van der Waals surface area contributed by atoms with Crippen LogP contribution in [0.4, 0.5) is 0 Å². The van der Waals surface area contributed by atoms with E-state index in [9.17, 15) is 14.8 Å². The smallest absolute Gasteiger partial charge is 0.258 e. The lowest BCUT2D eigenvalue weighted by Crippen LogP contribution is -2.43. The van der Waals surface area contributed by atoms with E-state index in [-0.39, 0.29) is 11.9 Å². The molecular formula is C14H26N2O3. The number of allylic oxidation sites excluding steroid dienone is 1. The van der Waals surface area contributed by atoms with E-state index in [0.29, 0.717) is 11.5 Å². The molecular weight excluding hydrogens is 244 g/mol. The van der Waals surface area contributed by atoms with Gasteiger partial charge in [-0.3, -0.25) is 14.8 Å². The second-order valence-electron chi connectivity index (χ2n) is 5.10. The van der Waals surface area contributed by atoms with Gasteiger partial charge in [-0.1, -0.05) is 31.4 Å². The van der Waals surface area contributed by atoms with Crippen LogP contribution >= 0.6 is 0 Å². The van der Waals surface area contributed by atoms with E-state index in [0.717, 1.165) is 18.4 Å². The molecule has 0 aromatic carbocycles. The maximum atomic E-state index is 12.1. The number of nitrogens with one attached hydrogen (secondary N) is 1. The average Bonchev–Trinajstić information content (AvgIpc) is 2.27. The first kappa shape index (κ1) is 17.6. The molecule has 0 aromatic rings. The fourth-order valence-corrected chi connectivity index (χ4v) is 1.87. The molecule has 0 rings (SSSR count). The Morgan fingerprint density at radius 2 is 1.95 bits per heavy atom. The third-order valence-corrected chi connectivity index (χ3v) is 2.73. The maximum absolute atomic E-state index is 12.1. The Hall–Kier alpha value is -1.36. The first-order valence-electron chi connectivity index (χ1n) is 6.71. The van der Waals surface area contributed by atoms with Crippen LogP contribution in [0.3, 0.4) is 0 Å². The standard InChI is InChI=1S/C14H26N2O3/c1-6-7-8-12(14(18)16(5)19)13(17)15-11(4)9-10(2)3/h9,11-12,19H,6-8H2,1-5H3,(H,15,17). The van der Waals surface area contributed by atoms with Gasteiger partial charge in [0.25, 0.3) is 5.91 Å². The maximum Gasteiger partial charge on any atom is 0.258 e. The third kappa shape index (κ3) is 6.96. The normalized spacial score (nSPS) is 13.4. The van der Waals surface area contributed by atoms with Crippen molar-refractivity contribution in [2.75, 3.05) is 7.05 Å². The summed E-state index contributed by atoms with van der Waals surface area (Å²) in [6, 6.07) is -0.126. The molecule has 0 aliphatic heterocycles. The second kappa shape index (κ2) is 8.69. The van der Waals surface area contributed by atoms with E-state index >= 15 is 0 Å². The number of amides is 2. The zero-order valence-electron chi connectivity index (χ0n) is 12.6. The Morgan fingerprint density at radius 3 is 2.37 bits per heavy atom. The summed E-state index contributed by atoms with van der Waals surface area (Å²) in [6.45, 7) is 7.75. The number of unbranched alkanes of at least 4 members (excludes halogenated alkanes) is 1. The second-order valence-corrected chi connectivity index (χ2v) is 5.10. The van der Waals surface area contributed by atoms with Gasteiger partial charge in [-0.15, -0.1) is 0 Å². The molecule has 0 aliphatic carbocycles. The molecule has 5 nitrogen and oxygen atoms in total. The summed E-state index contributed by atoms with van der Waals surface area (Å²) < 4.78 is 0. The molecule has 0 spiro atoms. The van der Waals surface area contributed by atoms with E-state index in [1.54, 1.807) is 0 Å². The van der Waals surface area contributed by atoms with Crippen LogP contribution < -0.4 is 5.32 Å². The molecule has 5 heteroatoms. The topological polar surface area (TPSA) is 69.6 Å². The molecule has 0 heterocycles. The van der Waals surface area contributed by atoms with Crippen LogP contribution in [0, 0.1) is 5.92 Å². The Morgan fingerprint density at radius 1 is 1.37 bits per heavy atom. The lowest BCUT2D eigenvalue weighted by Gasteiger charge is -2.20. The molecule has 0 saturated carbocycles. The first-order valence-corrected chi connectivity index (χ1v) is 6.71. The summed E-state index contributed by atoms with van der Waals surface area (Å²) in [5.41, 5.74) is 1.10. The van der Waals surface area contributed by atoms with Crippen molar-refractivity contribution >= 4 is 11.8 Å². The highest BCUT2D eigenvalue weighted by molar-refractivity contribution is 5.99. The van der Waals surface area contributed by atoms with Crippen LogP contribution in [0.5, 0.6) is 0 Å². The van der Waals surface area contributed by atoms with E-state index < -0.39 is 11.8 Å². The fraction of sp³-hybridized carbons (Fsp3) is 0.714. The van der Waals surface area contributed by atoms with Gasteiger partial charge in [-0.25, -0.2) is 5.06 Å². The molecule has 0 bridgehead atoms. The quantitative estimate of drug-likeness (QED) is 0.322. The van der Waals surface area contributed by atoms with Crippen LogP contribution in [0.15, 0.2) is 11.6 Å². The monoisotopic (exact) mass is 270 g/mol. The fourth-order valence-electron chi connectivity index (χ4n) is 1.87. The largest absolute Gasteiger partial charge is 0.349 e. The molecule has 0 aromatic heterocycles. The number of hydrogen-bond donors (Lipinski definition) is 2. The van der Waals surface area contributed by atoms with Crippen LogP contribution in [0.2, 0.25) is 0 Å². The number of hydrogen-bond acceptors (Lipinski definition) is 3. The molecule has 0 aliphatic rings. The van der Waals surface area contributed by atoms with Crippen molar-refractivity contribution in [1.82, 2.24) is 10.4 Å². The van der Waals surface area contributed by atoms with Crippen LogP contribution in [-0.4, -0.2) is 35.2 Å². The minimum absolute atomic E-state index is 0.126. The number of hydroxylamine groups is 2. The van der Waals surface area contributed by atoms with Gasteiger partial charge in [-0.2, -0.15) is 0 Å². The van der Waals surface area contributed by atoms with E-state index in [1.807, 2.05) is 33.8 Å². The summed E-state index contributed by atoms with van der Waals surface area (Å²) in [5.74, 6) is -1.71. The van der Waals surface area contributed by atoms with Gasteiger partial charge < -0.3 is 5.32 Å². The number of carbonyl (C=O) groups is 2. The van der Waals surface area contributed by atoms with Crippen molar-refractivity contribution in [2.24, 2.45) is 5.92 Å². The van der Waals surface area contributed by atoms with Crippen molar-refractivity contribution < 1.29 is 14.8 Å². The molecule has 2 N–H and O–H groups in total. The van der Waals surface area contributed by atoms with Gasteiger partial charge in [0.05, 0.1) is 0 Å². The number of rotatable bonds is 7. The first-order chi connectivity index (χ1) is 8.79. The molecule has 0 radical (unpaired) electrons. The van der Waals surface area contributed by atoms with E-state index in [4.69, 9.17) is 0 Å². The van der Waals surface area contributed by atoms with Crippen molar-refractivity contribution in [3.63, 3.8) is 0 Å². The van der Waals surface area contributed by atoms with Crippen LogP contribution in [-0.2, 0) is 9.59 Å². The van der Waals surface area contributed by atoms with Gasteiger partial charge in [0.2, 0.25) is 5.91 Å². The third-order valence-electron chi connectivity index (χ3n) is 2.73. The average molecular weight is 270 g/mol. The highest BCUT2D eigenvalue weighted by Gasteiger charge is 2.28. The molecule has 2 unspecified atom stereocenters. The molecule has 19 heavy (non-hydrogen) atoms.